The summed E-state index contributed by atoms with van der Waals surface area (Å²) in [4.78, 5) is 10.4. The Balaban J connectivity index is 0.00000182. The molecule has 1 N–H and O–H groups in total. The van der Waals surface area contributed by atoms with Crippen molar-refractivity contribution in [3.8, 4) is 5.75 Å². The van der Waals surface area contributed by atoms with E-state index in [-0.39, 0.29) is 12.4 Å². The van der Waals surface area contributed by atoms with Gasteiger partial charge < -0.3 is 14.6 Å². The zero-order chi connectivity index (χ0) is 16.4. The molecule has 1 aliphatic rings. The van der Waals surface area contributed by atoms with Crippen LogP contribution in [0, 0.1) is 0 Å². The molecule has 0 spiro atoms. The fraction of sp³-hybridized carbons (Fsp3) is 0.250. The smallest absolute Gasteiger partial charge is 0.119 e. The average molecular weight is 356 g/mol. The molecule has 4 nitrogen and oxygen atoms in total. The number of hydrogen-bond acceptors (Lipinski definition) is 3. The molecule has 0 bridgehead atoms. The number of nitrogens with zero attached hydrogens (tertiary/aromatic N) is 2. The van der Waals surface area contributed by atoms with Crippen LogP contribution in [0.3, 0.4) is 0 Å². The largest absolute Gasteiger partial charge is 0.497 e. The number of fused-ring (bicyclic) bond motifs is 1. The van der Waals surface area contributed by atoms with Gasteiger partial charge in [-0.05, 0) is 42.3 Å². The van der Waals surface area contributed by atoms with E-state index in [1.807, 2.05) is 12.1 Å². The predicted molar refractivity (Wildman–Crippen MR) is 106 cm³/mol. The van der Waals surface area contributed by atoms with Gasteiger partial charge in [0.1, 0.15) is 11.6 Å². The lowest BCUT2D eigenvalue weighted by Crippen LogP contribution is -2.28. The van der Waals surface area contributed by atoms with Crippen molar-refractivity contribution in [2.45, 2.75) is 19.4 Å². The summed E-state index contributed by atoms with van der Waals surface area (Å²) < 4.78 is 5.28. The van der Waals surface area contributed by atoms with E-state index in [1.165, 1.54) is 22.3 Å². The highest BCUT2D eigenvalue weighted by Gasteiger charge is 2.18. The van der Waals surface area contributed by atoms with Crippen LogP contribution in [0.25, 0.3) is 10.9 Å². The van der Waals surface area contributed by atoms with E-state index in [0.29, 0.717) is 0 Å². The normalized spacial score (nSPS) is 13.4. The van der Waals surface area contributed by atoms with Gasteiger partial charge in [0, 0.05) is 35.8 Å². The average Bonchev–Trinajstić information content (AvgIpc) is 3.30. The number of nitrogens with one attached hydrogen (secondary N) is 1. The molecule has 25 heavy (non-hydrogen) atoms. The highest BCUT2D eigenvalue weighted by atomic mass is 35.5. The van der Waals surface area contributed by atoms with E-state index >= 15 is 0 Å². The summed E-state index contributed by atoms with van der Waals surface area (Å²) in [7, 11) is 1.69. The first-order valence-corrected chi connectivity index (χ1v) is 8.35. The summed E-state index contributed by atoms with van der Waals surface area (Å²) in [5.41, 5.74) is 3.62. The van der Waals surface area contributed by atoms with Crippen LogP contribution in [-0.2, 0) is 6.54 Å². The minimum Gasteiger partial charge on any atom is -0.497 e. The van der Waals surface area contributed by atoms with Crippen LogP contribution in [0.4, 0.5) is 5.69 Å². The number of ether oxygens (including phenoxy) is 1. The second kappa shape index (κ2) is 7.62. The summed E-state index contributed by atoms with van der Waals surface area (Å²) in [6.07, 6.45) is 4.28. The van der Waals surface area contributed by atoms with Crippen LogP contribution < -0.4 is 9.64 Å². The Hall–Kier alpha value is -2.46. The zero-order valence-electron chi connectivity index (χ0n) is 14.2. The molecule has 0 fully saturated rings. The molecule has 3 aromatic rings. The molecule has 0 saturated carbocycles. The van der Waals surface area contributed by atoms with Crippen LogP contribution in [0.2, 0.25) is 0 Å². The molecular weight excluding hydrogens is 334 g/mol. The second-order valence-corrected chi connectivity index (χ2v) is 6.05. The molecule has 0 unspecified atom stereocenters. The Kier molecular flexibility index (Phi) is 5.29. The number of rotatable bonds is 4. The fourth-order valence-electron chi connectivity index (χ4n) is 3.27. The van der Waals surface area contributed by atoms with Crippen molar-refractivity contribution < 1.29 is 4.74 Å². The van der Waals surface area contributed by atoms with Crippen molar-refractivity contribution in [3.05, 3.63) is 60.3 Å². The molecule has 1 aromatic heterocycles. The molecule has 2 aromatic carbocycles. The Morgan fingerprint density at radius 3 is 2.64 bits per heavy atom. The van der Waals surface area contributed by atoms with Crippen molar-refractivity contribution in [2.24, 2.45) is 4.99 Å². The van der Waals surface area contributed by atoms with Gasteiger partial charge in [-0.2, -0.15) is 0 Å². The van der Waals surface area contributed by atoms with Gasteiger partial charge in [0.05, 0.1) is 13.7 Å². The molecule has 0 radical (unpaired) electrons. The third-order valence-corrected chi connectivity index (χ3v) is 4.55. The molecular formula is C20H22ClN3O. The molecule has 0 atom stereocenters. The molecule has 5 heteroatoms. The SMILES string of the molecule is COc1ccc(N(Cc2c[nH]c3ccccc23)C2=NCCC2)cc1.Cl. The number of anilines is 1. The van der Waals surface area contributed by atoms with E-state index in [4.69, 9.17) is 9.73 Å². The second-order valence-electron chi connectivity index (χ2n) is 6.05. The first kappa shape index (κ1) is 17.4. The first-order valence-electron chi connectivity index (χ1n) is 8.35. The monoisotopic (exact) mass is 355 g/mol. The van der Waals surface area contributed by atoms with Crippen molar-refractivity contribution in [1.82, 2.24) is 4.98 Å². The van der Waals surface area contributed by atoms with Gasteiger partial charge in [-0.1, -0.05) is 18.2 Å². The lowest BCUT2D eigenvalue weighted by Gasteiger charge is -2.25. The highest BCUT2D eigenvalue weighted by molar-refractivity contribution is 5.99. The van der Waals surface area contributed by atoms with Gasteiger partial charge in [-0.25, -0.2) is 0 Å². The topological polar surface area (TPSA) is 40.6 Å². The van der Waals surface area contributed by atoms with Crippen molar-refractivity contribution in [1.29, 1.82) is 0 Å². The van der Waals surface area contributed by atoms with Crippen LogP contribution in [0.15, 0.2) is 59.7 Å². The number of benzene rings is 2. The number of hydrogen-bond donors (Lipinski definition) is 1. The van der Waals surface area contributed by atoms with E-state index in [9.17, 15) is 0 Å². The lowest BCUT2D eigenvalue weighted by atomic mass is 10.1. The molecule has 0 amide bonds. The number of aliphatic imine (C=N–C) groups is 1. The van der Waals surface area contributed by atoms with Gasteiger partial charge in [0.25, 0.3) is 0 Å². The summed E-state index contributed by atoms with van der Waals surface area (Å²) in [5.74, 6) is 2.05. The third-order valence-electron chi connectivity index (χ3n) is 4.55. The number of halogens is 1. The Morgan fingerprint density at radius 2 is 1.92 bits per heavy atom. The molecule has 130 valence electrons. The number of aromatic nitrogens is 1. The predicted octanol–water partition coefficient (Wildman–Crippen LogP) is 4.80. The maximum absolute atomic E-state index is 5.28. The number of amidine groups is 1. The fourth-order valence-corrected chi connectivity index (χ4v) is 3.27. The minimum absolute atomic E-state index is 0. The molecule has 2 heterocycles. The van der Waals surface area contributed by atoms with E-state index in [1.54, 1.807) is 7.11 Å². The summed E-state index contributed by atoms with van der Waals surface area (Å²) >= 11 is 0. The van der Waals surface area contributed by atoms with Gasteiger partial charge in [0.2, 0.25) is 0 Å². The number of para-hydroxylation sites is 1. The van der Waals surface area contributed by atoms with E-state index in [0.717, 1.165) is 37.4 Å². The number of aromatic amines is 1. The van der Waals surface area contributed by atoms with Crippen LogP contribution >= 0.6 is 12.4 Å². The van der Waals surface area contributed by atoms with Crippen molar-refractivity contribution in [2.75, 3.05) is 18.6 Å². The maximum atomic E-state index is 5.28. The number of methoxy groups -OCH3 is 1. The lowest BCUT2D eigenvalue weighted by molar-refractivity contribution is 0.415. The van der Waals surface area contributed by atoms with Gasteiger partial charge in [-0.3, -0.25) is 4.99 Å². The van der Waals surface area contributed by atoms with Gasteiger partial charge >= 0.3 is 0 Å². The van der Waals surface area contributed by atoms with E-state index in [2.05, 4.69) is 52.5 Å². The van der Waals surface area contributed by atoms with Crippen LogP contribution in [0.5, 0.6) is 5.75 Å². The molecule has 0 aliphatic carbocycles. The van der Waals surface area contributed by atoms with Gasteiger partial charge in [0.15, 0.2) is 0 Å². The summed E-state index contributed by atoms with van der Waals surface area (Å²) in [5, 5.41) is 1.27. The van der Waals surface area contributed by atoms with Gasteiger partial charge in [-0.15, -0.1) is 12.4 Å². The standard InChI is InChI=1S/C20H21N3O.ClH/c1-24-17-10-8-16(9-11-17)23(20-7-4-12-21-20)14-15-13-22-19-6-3-2-5-18(15)19;/h2-3,5-6,8-11,13,22H,4,7,12,14H2,1H3;1H. The van der Waals surface area contributed by atoms with Crippen LogP contribution in [0.1, 0.15) is 18.4 Å². The van der Waals surface area contributed by atoms with Crippen molar-refractivity contribution in [3.63, 3.8) is 0 Å². The molecule has 1 aliphatic heterocycles. The maximum Gasteiger partial charge on any atom is 0.119 e. The summed E-state index contributed by atoms with van der Waals surface area (Å²) in [6.45, 7) is 1.74. The summed E-state index contributed by atoms with van der Waals surface area (Å²) in [6, 6.07) is 16.7. The van der Waals surface area contributed by atoms with Crippen molar-refractivity contribution >= 4 is 34.8 Å². The quantitative estimate of drug-likeness (QED) is 0.730. The Labute approximate surface area is 153 Å². The highest BCUT2D eigenvalue weighted by Crippen LogP contribution is 2.27. The number of H-pyrrole nitrogens is 1. The Bertz CT molecular complexity index is 870. The minimum atomic E-state index is 0. The molecule has 0 saturated heterocycles. The first-order chi connectivity index (χ1) is 11.8. The third kappa shape index (κ3) is 3.49. The zero-order valence-corrected chi connectivity index (χ0v) is 15.1. The molecule has 4 rings (SSSR count). The van der Waals surface area contributed by atoms with E-state index < -0.39 is 0 Å². The van der Waals surface area contributed by atoms with Crippen LogP contribution in [-0.4, -0.2) is 24.5 Å². The Morgan fingerprint density at radius 1 is 1.12 bits per heavy atom.